The number of aliphatic hydroxyl groups is 8. The molecular weight excluding hydrogens is 1150 g/mol. The monoisotopic (exact) mass is 1290 g/mol. The van der Waals surface area contributed by atoms with E-state index >= 15 is 0 Å². The number of carbonyl (C=O) groups excluding carboxylic acids is 1. The van der Waals surface area contributed by atoms with Gasteiger partial charge in [0.25, 0.3) is 0 Å². The molecule has 0 radical (unpaired) electrons. The minimum absolute atomic E-state index is 0.242. The van der Waals surface area contributed by atoms with E-state index in [-0.39, 0.29) is 18.9 Å². The average molecular weight is 1300 g/mol. The highest BCUT2D eigenvalue weighted by atomic mass is 16.7. The second-order valence-corrected chi connectivity index (χ2v) is 27.8. The van der Waals surface area contributed by atoms with Crippen LogP contribution in [0.4, 0.5) is 0 Å². The van der Waals surface area contributed by atoms with E-state index in [2.05, 4.69) is 31.3 Å². The highest BCUT2D eigenvalue weighted by molar-refractivity contribution is 5.76. The largest absolute Gasteiger partial charge is 0.394 e. The molecule has 0 bridgehead atoms. The maximum absolute atomic E-state index is 13.3. The molecule has 9 N–H and O–H groups in total. The van der Waals surface area contributed by atoms with Gasteiger partial charge in [0.2, 0.25) is 5.91 Å². The van der Waals surface area contributed by atoms with Gasteiger partial charge in [-0.1, -0.05) is 353 Å². The normalized spacial score (nSPS) is 22.8. The van der Waals surface area contributed by atoms with Crippen LogP contribution in [0.5, 0.6) is 0 Å². The van der Waals surface area contributed by atoms with Gasteiger partial charge in [-0.2, -0.15) is 0 Å². The molecule has 0 aromatic rings. The van der Waals surface area contributed by atoms with E-state index in [1.54, 1.807) is 6.08 Å². The molecule has 0 saturated carbocycles. The third-order valence-electron chi connectivity index (χ3n) is 19.4. The molecular formula is C77H147NO13. The van der Waals surface area contributed by atoms with E-state index in [1.165, 1.54) is 302 Å². The van der Waals surface area contributed by atoms with Gasteiger partial charge in [0.05, 0.1) is 32.0 Å². The fourth-order valence-electron chi connectivity index (χ4n) is 13.2. The Balaban J connectivity index is 1.53. The quantitative estimate of drug-likeness (QED) is 0.0204. The predicted octanol–water partition coefficient (Wildman–Crippen LogP) is 17.1. The Morgan fingerprint density at radius 3 is 1.08 bits per heavy atom. The average Bonchev–Trinajstić information content (AvgIpc) is 1.15. The predicted molar refractivity (Wildman–Crippen MR) is 374 cm³/mol. The molecule has 2 aliphatic rings. The van der Waals surface area contributed by atoms with Crippen LogP contribution in [0, 0.1) is 0 Å². The number of amides is 1. The summed E-state index contributed by atoms with van der Waals surface area (Å²) in [5, 5.41) is 87.4. The number of hydrogen-bond acceptors (Lipinski definition) is 13. The summed E-state index contributed by atoms with van der Waals surface area (Å²) >= 11 is 0. The zero-order chi connectivity index (χ0) is 65.9. The molecule has 0 spiro atoms. The topological polar surface area (TPSA) is 228 Å². The van der Waals surface area contributed by atoms with Crippen LogP contribution < -0.4 is 5.32 Å². The van der Waals surface area contributed by atoms with Gasteiger partial charge in [0, 0.05) is 6.42 Å². The molecule has 538 valence electrons. The Morgan fingerprint density at radius 2 is 0.703 bits per heavy atom. The van der Waals surface area contributed by atoms with Gasteiger partial charge in [-0.05, 0) is 32.1 Å². The molecule has 0 aromatic heterocycles. The van der Waals surface area contributed by atoms with Crippen LogP contribution in [-0.2, 0) is 23.7 Å². The van der Waals surface area contributed by atoms with Crippen molar-refractivity contribution in [3.63, 3.8) is 0 Å². The van der Waals surface area contributed by atoms with Gasteiger partial charge in [-0.3, -0.25) is 4.79 Å². The van der Waals surface area contributed by atoms with Crippen LogP contribution in [0.1, 0.15) is 367 Å². The summed E-state index contributed by atoms with van der Waals surface area (Å²) < 4.78 is 22.8. The van der Waals surface area contributed by atoms with Gasteiger partial charge in [0.15, 0.2) is 12.6 Å². The Labute approximate surface area is 558 Å². The van der Waals surface area contributed by atoms with Crippen LogP contribution in [0.3, 0.4) is 0 Å². The maximum atomic E-state index is 13.3. The van der Waals surface area contributed by atoms with Gasteiger partial charge in [0.1, 0.15) is 48.8 Å². The zero-order valence-corrected chi connectivity index (χ0v) is 58.9. The third kappa shape index (κ3) is 45.6. The number of unbranched alkanes of at least 4 members (excludes halogenated alkanes) is 51. The second-order valence-electron chi connectivity index (χ2n) is 27.8. The first-order valence-corrected chi connectivity index (χ1v) is 39.1. The van der Waals surface area contributed by atoms with Crippen molar-refractivity contribution in [2.24, 2.45) is 0 Å². The molecule has 12 unspecified atom stereocenters. The van der Waals surface area contributed by atoms with E-state index < -0.39 is 86.8 Å². The van der Waals surface area contributed by atoms with E-state index in [0.717, 1.165) is 32.1 Å². The molecule has 2 heterocycles. The SMILES string of the molecule is CCCCCCCCCCCC/C=C/CC/C=C/C(O)C(COC1OC(CO)C(OC2OC(CO)C(O)C(O)C2O)C(O)C1O)NC(=O)CCCCCCCCCCCCCCCCCCCCCCCCCCCCCCCCCCCCCCCCCCC. The Bertz CT molecular complexity index is 1620. The fraction of sp³-hybridized carbons (Fsp3) is 0.935. The highest BCUT2D eigenvalue weighted by Crippen LogP contribution is 2.30. The number of rotatable bonds is 66. The number of aliphatic hydroxyl groups excluding tert-OH is 8. The van der Waals surface area contributed by atoms with E-state index in [4.69, 9.17) is 18.9 Å². The summed E-state index contributed by atoms with van der Waals surface area (Å²) in [5.41, 5.74) is 0. The smallest absolute Gasteiger partial charge is 0.220 e. The molecule has 1 amide bonds. The summed E-state index contributed by atoms with van der Waals surface area (Å²) in [5.74, 6) is -0.242. The lowest BCUT2D eigenvalue weighted by Gasteiger charge is -2.46. The molecule has 2 saturated heterocycles. The summed E-state index contributed by atoms with van der Waals surface area (Å²) in [6.45, 7) is 2.83. The Hall–Kier alpha value is -1.53. The summed E-state index contributed by atoms with van der Waals surface area (Å²) in [7, 11) is 0. The van der Waals surface area contributed by atoms with E-state index in [9.17, 15) is 45.6 Å². The second kappa shape index (κ2) is 62.0. The number of carbonyl (C=O) groups is 1. The summed E-state index contributed by atoms with van der Waals surface area (Å²) in [4.78, 5) is 13.3. The van der Waals surface area contributed by atoms with Crippen molar-refractivity contribution in [1.82, 2.24) is 5.32 Å². The fourth-order valence-corrected chi connectivity index (χ4v) is 13.2. The standard InChI is InChI=1S/C77H147NO13/c1-3-5-7-9-11-13-15-17-19-21-22-23-24-25-26-27-28-29-30-31-32-33-34-35-36-37-38-39-40-41-42-43-44-45-47-49-51-53-55-57-59-61-69(82)78-65(66(81)60-58-56-54-52-50-48-46-20-18-16-14-12-10-8-6-4-2)64-88-76-74(87)72(85)75(68(63-80)90-76)91-77-73(86)71(84)70(83)67(62-79)89-77/h50,52,58,60,65-68,70-77,79-81,83-87H,3-49,51,53-57,59,61-64H2,1-2H3,(H,78,82)/b52-50+,60-58+. The minimum atomic E-state index is -1.79. The molecule has 2 aliphatic heterocycles. The maximum Gasteiger partial charge on any atom is 0.220 e. The summed E-state index contributed by atoms with van der Waals surface area (Å²) in [6.07, 6.45) is 63.0. The van der Waals surface area contributed by atoms with Crippen LogP contribution in [-0.4, -0.2) is 140 Å². The lowest BCUT2D eigenvalue weighted by atomic mass is 9.97. The molecule has 0 aromatic carbocycles. The molecule has 91 heavy (non-hydrogen) atoms. The molecule has 2 fully saturated rings. The van der Waals surface area contributed by atoms with Crippen LogP contribution in [0.25, 0.3) is 0 Å². The Kier molecular flexibility index (Phi) is 58.3. The zero-order valence-electron chi connectivity index (χ0n) is 58.9. The van der Waals surface area contributed by atoms with Crippen molar-refractivity contribution in [1.29, 1.82) is 0 Å². The first-order chi connectivity index (χ1) is 44.6. The first-order valence-electron chi connectivity index (χ1n) is 39.1. The van der Waals surface area contributed by atoms with Gasteiger partial charge >= 0.3 is 0 Å². The first kappa shape index (κ1) is 85.6. The van der Waals surface area contributed by atoms with Crippen molar-refractivity contribution < 1.29 is 64.6 Å². The van der Waals surface area contributed by atoms with Crippen molar-refractivity contribution in [3.8, 4) is 0 Å². The number of nitrogens with one attached hydrogen (secondary N) is 1. The van der Waals surface area contributed by atoms with Gasteiger partial charge in [-0.15, -0.1) is 0 Å². The highest BCUT2D eigenvalue weighted by Gasteiger charge is 2.51. The number of allylic oxidation sites excluding steroid dienone is 3. The van der Waals surface area contributed by atoms with Crippen LogP contribution >= 0.6 is 0 Å². The molecule has 0 aliphatic carbocycles. The lowest BCUT2D eigenvalue weighted by Crippen LogP contribution is -2.65. The van der Waals surface area contributed by atoms with Crippen molar-refractivity contribution >= 4 is 5.91 Å². The minimum Gasteiger partial charge on any atom is -0.394 e. The van der Waals surface area contributed by atoms with Crippen LogP contribution in [0.2, 0.25) is 0 Å². The van der Waals surface area contributed by atoms with Crippen molar-refractivity contribution in [2.75, 3.05) is 19.8 Å². The molecule has 2 rings (SSSR count). The molecule has 14 nitrogen and oxygen atoms in total. The van der Waals surface area contributed by atoms with Gasteiger partial charge in [-0.25, -0.2) is 0 Å². The number of hydrogen-bond donors (Lipinski definition) is 9. The Morgan fingerprint density at radius 1 is 0.385 bits per heavy atom. The van der Waals surface area contributed by atoms with E-state index in [0.29, 0.717) is 12.8 Å². The van der Waals surface area contributed by atoms with Crippen molar-refractivity contribution in [3.05, 3.63) is 24.3 Å². The summed E-state index contributed by atoms with van der Waals surface area (Å²) in [6, 6.07) is -0.929. The van der Waals surface area contributed by atoms with Crippen LogP contribution in [0.15, 0.2) is 24.3 Å². The van der Waals surface area contributed by atoms with Gasteiger partial charge < -0.3 is 65.1 Å². The molecule has 12 atom stereocenters. The lowest BCUT2D eigenvalue weighted by molar-refractivity contribution is -0.359. The van der Waals surface area contributed by atoms with Crippen molar-refractivity contribution in [2.45, 2.75) is 441 Å². The third-order valence-corrected chi connectivity index (χ3v) is 19.4. The molecule has 14 heteroatoms. The number of ether oxygens (including phenoxy) is 4. The van der Waals surface area contributed by atoms with E-state index in [1.807, 2.05) is 6.08 Å².